The van der Waals surface area contributed by atoms with Crippen LogP contribution in [-0.2, 0) is 4.79 Å². The zero-order valence-corrected chi connectivity index (χ0v) is 10.1. The summed E-state index contributed by atoms with van der Waals surface area (Å²) >= 11 is 0. The maximum atomic E-state index is 10.7. The third kappa shape index (κ3) is 2.41. The summed E-state index contributed by atoms with van der Waals surface area (Å²) in [7, 11) is 0. The Balaban J connectivity index is 2.32. The van der Waals surface area contributed by atoms with E-state index in [1.54, 1.807) is 10.9 Å². The number of carboxylic acid groups (broad SMARTS) is 1. The Hall–Kier alpha value is -2.14. The number of nitrogens with two attached hydrogens (primary N) is 1. The number of aliphatic carboxylic acids is 1. The molecule has 1 heterocycles. The van der Waals surface area contributed by atoms with Gasteiger partial charge in [0.05, 0.1) is 18.3 Å². The van der Waals surface area contributed by atoms with Gasteiger partial charge in [-0.2, -0.15) is 5.10 Å². The Kier molecular flexibility index (Phi) is 3.43. The van der Waals surface area contributed by atoms with Gasteiger partial charge in [-0.1, -0.05) is 18.2 Å². The zero-order valence-electron chi connectivity index (χ0n) is 10.1. The van der Waals surface area contributed by atoms with Crippen molar-refractivity contribution in [3.8, 4) is 5.69 Å². The van der Waals surface area contributed by atoms with Gasteiger partial charge in [-0.15, -0.1) is 0 Å². The molecule has 1 aromatic carbocycles. The van der Waals surface area contributed by atoms with E-state index in [9.17, 15) is 4.79 Å². The van der Waals surface area contributed by atoms with E-state index in [2.05, 4.69) is 5.10 Å². The Morgan fingerprint density at radius 3 is 2.72 bits per heavy atom. The Bertz CT molecular complexity index is 549. The van der Waals surface area contributed by atoms with Crippen LogP contribution in [0.15, 0.2) is 36.5 Å². The van der Waals surface area contributed by atoms with Crippen molar-refractivity contribution in [1.82, 2.24) is 9.78 Å². The molecule has 5 heteroatoms. The molecule has 1 unspecified atom stereocenters. The third-order valence-corrected chi connectivity index (χ3v) is 2.84. The molecule has 1 aromatic heterocycles. The maximum Gasteiger partial charge on any atom is 0.305 e. The summed E-state index contributed by atoms with van der Waals surface area (Å²) in [6.45, 7) is 1.89. The van der Waals surface area contributed by atoms with Crippen LogP contribution in [0.1, 0.15) is 23.7 Å². The number of nitrogens with zero attached hydrogens (tertiary/aromatic N) is 2. The maximum absolute atomic E-state index is 10.7. The summed E-state index contributed by atoms with van der Waals surface area (Å²) in [5.41, 5.74) is 8.42. The molecule has 0 aliphatic rings. The Labute approximate surface area is 105 Å². The highest BCUT2D eigenvalue weighted by molar-refractivity contribution is 5.68. The van der Waals surface area contributed by atoms with Gasteiger partial charge in [0.15, 0.2) is 0 Å². The first kappa shape index (κ1) is 12.3. The van der Waals surface area contributed by atoms with Gasteiger partial charge >= 0.3 is 5.97 Å². The molecule has 0 aliphatic carbocycles. The summed E-state index contributed by atoms with van der Waals surface area (Å²) in [4.78, 5) is 10.7. The molecule has 2 rings (SSSR count). The molecule has 0 saturated heterocycles. The highest BCUT2D eigenvalue weighted by Gasteiger charge is 2.17. The fourth-order valence-electron chi connectivity index (χ4n) is 1.91. The first-order valence-corrected chi connectivity index (χ1v) is 5.67. The summed E-state index contributed by atoms with van der Waals surface area (Å²) < 4.78 is 1.76. The highest BCUT2D eigenvalue weighted by atomic mass is 16.4. The molecule has 3 N–H and O–H groups in total. The predicted octanol–water partition coefficient (Wildman–Crippen LogP) is 1.66. The predicted molar refractivity (Wildman–Crippen MR) is 67.5 cm³/mol. The monoisotopic (exact) mass is 245 g/mol. The van der Waals surface area contributed by atoms with Gasteiger partial charge in [-0.25, -0.2) is 4.68 Å². The lowest BCUT2D eigenvalue weighted by atomic mass is 10.1. The van der Waals surface area contributed by atoms with Crippen molar-refractivity contribution in [3.63, 3.8) is 0 Å². The largest absolute Gasteiger partial charge is 0.481 e. The van der Waals surface area contributed by atoms with Crippen molar-refractivity contribution in [2.45, 2.75) is 19.4 Å². The van der Waals surface area contributed by atoms with Gasteiger partial charge in [0.1, 0.15) is 0 Å². The number of benzene rings is 1. The van der Waals surface area contributed by atoms with Crippen molar-refractivity contribution in [1.29, 1.82) is 0 Å². The van der Waals surface area contributed by atoms with E-state index in [0.717, 1.165) is 16.9 Å². The molecule has 94 valence electrons. The van der Waals surface area contributed by atoms with Crippen LogP contribution in [0.25, 0.3) is 5.69 Å². The lowest BCUT2D eigenvalue weighted by Gasteiger charge is -2.09. The van der Waals surface area contributed by atoms with E-state index in [0.29, 0.717) is 0 Å². The first-order chi connectivity index (χ1) is 8.59. The molecular weight excluding hydrogens is 230 g/mol. The number of para-hydroxylation sites is 1. The fraction of sp³-hybridized carbons (Fsp3) is 0.231. The normalized spacial score (nSPS) is 12.3. The van der Waals surface area contributed by atoms with E-state index < -0.39 is 12.0 Å². The molecule has 18 heavy (non-hydrogen) atoms. The van der Waals surface area contributed by atoms with Crippen LogP contribution >= 0.6 is 0 Å². The minimum Gasteiger partial charge on any atom is -0.481 e. The standard InChI is InChI=1S/C13H15N3O2/c1-9-11(12(14)7-13(17)18)8-15-16(9)10-5-3-2-4-6-10/h2-6,8,12H,7,14H2,1H3,(H,17,18). The van der Waals surface area contributed by atoms with Crippen LogP contribution < -0.4 is 5.73 Å². The van der Waals surface area contributed by atoms with Gasteiger partial charge < -0.3 is 10.8 Å². The molecule has 0 aliphatic heterocycles. The van der Waals surface area contributed by atoms with Crippen LogP contribution in [0.5, 0.6) is 0 Å². The number of hydrogen-bond donors (Lipinski definition) is 2. The van der Waals surface area contributed by atoms with Crippen LogP contribution in [0.3, 0.4) is 0 Å². The van der Waals surface area contributed by atoms with Crippen molar-refractivity contribution >= 4 is 5.97 Å². The molecule has 0 saturated carbocycles. The molecule has 0 spiro atoms. The van der Waals surface area contributed by atoms with Gasteiger partial charge in [-0.05, 0) is 19.1 Å². The summed E-state index contributed by atoms with van der Waals surface area (Å²) in [6.07, 6.45) is 1.54. The van der Waals surface area contributed by atoms with Crippen molar-refractivity contribution < 1.29 is 9.90 Å². The van der Waals surface area contributed by atoms with Crippen LogP contribution in [0, 0.1) is 6.92 Å². The second-order valence-corrected chi connectivity index (χ2v) is 4.14. The second-order valence-electron chi connectivity index (χ2n) is 4.14. The van der Waals surface area contributed by atoms with E-state index in [-0.39, 0.29) is 6.42 Å². The minimum absolute atomic E-state index is 0.0959. The number of carbonyl (C=O) groups is 1. The van der Waals surface area contributed by atoms with Crippen LogP contribution in [0.2, 0.25) is 0 Å². The SMILES string of the molecule is Cc1c(C(N)CC(=O)O)cnn1-c1ccccc1. The van der Waals surface area contributed by atoms with Gasteiger partial charge in [-0.3, -0.25) is 4.79 Å². The van der Waals surface area contributed by atoms with Gasteiger partial charge in [0.25, 0.3) is 0 Å². The molecule has 0 amide bonds. The minimum atomic E-state index is -0.908. The Morgan fingerprint density at radius 2 is 2.11 bits per heavy atom. The van der Waals surface area contributed by atoms with E-state index >= 15 is 0 Å². The van der Waals surface area contributed by atoms with E-state index in [4.69, 9.17) is 10.8 Å². The van der Waals surface area contributed by atoms with Crippen molar-refractivity contribution in [2.75, 3.05) is 0 Å². The number of aromatic nitrogens is 2. The zero-order chi connectivity index (χ0) is 13.1. The number of carboxylic acids is 1. The first-order valence-electron chi connectivity index (χ1n) is 5.67. The summed E-state index contributed by atoms with van der Waals surface area (Å²) in [6, 6.07) is 9.12. The van der Waals surface area contributed by atoms with E-state index in [1.165, 1.54) is 0 Å². The van der Waals surface area contributed by atoms with Crippen molar-refractivity contribution in [3.05, 3.63) is 47.8 Å². The Morgan fingerprint density at radius 1 is 1.44 bits per heavy atom. The van der Waals surface area contributed by atoms with E-state index in [1.807, 2.05) is 37.3 Å². The van der Waals surface area contributed by atoms with Crippen LogP contribution in [0.4, 0.5) is 0 Å². The van der Waals surface area contributed by atoms with Crippen molar-refractivity contribution in [2.24, 2.45) is 5.73 Å². The lowest BCUT2D eigenvalue weighted by molar-refractivity contribution is -0.137. The average molecular weight is 245 g/mol. The summed E-state index contributed by atoms with van der Waals surface area (Å²) in [5.74, 6) is -0.908. The smallest absolute Gasteiger partial charge is 0.305 e. The number of rotatable bonds is 4. The molecule has 0 fully saturated rings. The third-order valence-electron chi connectivity index (χ3n) is 2.84. The molecule has 5 nitrogen and oxygen atoms in total. The molecular formula is C13H15N3O2. The second kappa shape index (κ2) is 5.01. The molecule has 0 bridgehead atoms. The average Bonchev–Trinajstić information content (AvgIpc) is 2.71. The summed E-state index contributed by atoms with van der Waals surface area (Å²) in [5, 5.41) is 13.0. The fourth-order valence-corrected chi connectivity index (χ4v) is 1.91. The number of hydrogen-bond acceptors (Lipinski definition) is 3. The molecule has 0 radical (unpaired) electrons. The van der Waals surface area contributed by atoms with Gasteiger partial charge in [0.2, 0.25) is 0 Å². The van der Waals surface area contributed by atoms with Crippen LogP contribution in [-0.4, -0.2) is 20.9 Å². The highest BCUT2D eigenvalue weighted by Crippen LogP contribution is 2.20. The topological polar surface area (TPSA) is 81.1 Å². The molecule has 1 atom stereocenters. The molecule has 2 aromatic rings. The lowest BCUT2D eigenvalue weighted by Crippen LogP contribution is -2.15. The quantitative estimate of drug-likeness (QED) is 0.858. The van der Waals surface area contributed by atoms with Gasteiger partial charge in [0, 0.05) is 17.3 Å².